The Morgan fingerprint density at radius 3 is 2.59 bits per heavy atom. The SMILES string of the molecule is CC1CCN(c2nn3c(N)c(-c4ccccc4)nc3s2)CC1. The molecule has 0 saturated carbocycles. The van der Waals surface area contributed by atoms with Gasteiger partial charge in [0.2, 0.25) is 10.1 Å². The summed E-state index contributed by atoms with van der Waals surface area (Å²) in [6, 6.07) is 10.0. The average Bonchev–Trinajstić information content (AvgIpc) is 3.09. The standard InChI is InChI=1S/C16H19N5S/c1-11-7-9-20(10-8-11)16-19-21-14(17)13(18-15(21)22-16)12-5-3-2-4-6-12/h2-6,11H,7-10,17H2,1H3. The zero-order valence-electron chi connectivity index (χ0n) is 12.6. The number of fused-ring (bicyclic) bond motifs is 1. The molecule has 1 fully saturated rings. The number of nitrogen functional groups attached to an aromatic ring is 1. The third kappa shape index (κ3) is 2.23. The maximum absolute atomic E-state index is 6.26. The van der Waals surface area contributed by atoms with E-state index >= 15 is 0 Å². The molecule has 114 valence electrons. The minimum atomic E-state index is 0.620. The highest BCUT2D eigenvalue weighted by Crippen LogP contribution is 2.32. The summed E-state index contributed by atoms with van der Waals surface area (Å²) in [4.78, 5) is 7.89. The first kappa shape index (κ1) is 13.6. The normalized spacial score (nSPS) is 16.5. The van der Waals surface area contributed by atoms with Crippen molar-refractivity contribution in [3.05, 3.63) is 30.3 Å². The molecule has 4 rings (SSSR count). The number of piperidine rings is 1. The predicted octanol–water partition coefficient (Wildman–Crippen LogP) is 3.28. The van der Waals surface area contributed by atoms with Crippen molar-refractivity contribution in [2.75, 3.05) is 23.7 Å². The molecule has 1 aliphatic rings. The molecule has 2 aromatic heterocycles. The van der Waals surface area contributed by atoms with Gasteiger partial charge in [-0.3, -0.25) is 0 Å². The van der Waals surface area contributed by atoms with Crippen LogP contribution >= 0.6 is 11.3 Å². The molecule has 2 N–H and O–H groups in total. The number of rotatable bonds is 2. The Balaban J connectivity index is 1.69. The number of aromatic nitrogens is 3. The second-order valence-corrected chi connectivity index (χ2v) is 6.89. The zero-order chi connectivity index (χ0) is 15.1. The summed E-state index contributed by atoms with van der Waals surface area (Å²) < 4.78 is 1.78. The van der Waals surface area contributed by atoms with Crippen molar-refractivity contribution in [1.82, 2.24) is 14.6 Å². The van der Waals surface area contributed by atoms with Crippen LogP contribution in [-0.2, 0) is 0 Å². The van der Waals surface area contributed by atoms with Gasteiger partial charge in [-0.25, -0.2) is 4.98 Å². The van der Waals surface area contributed by atoms with Crippen LogP contribution in [0.15, 0.2) is 30.3 Å². The molecule has 3 aromatic rings. The van der Waals surface area contributed by atoms with E-state index in [2.05, 4.69) is 21.9 Å². The summed E-state index contributed by atoms with van der Waals surface area (Å²) in [6.45, 7) is 4.46. The lowest BCUT2D eigenvalue weighted by atomic mass is 10.00. The average molecular weight is 313 g/mol. The van der Waals surface area contributed by atoms with Crippen molar-refractivity contribution >= 4 is 27.2 Å². The molecular weight excluding hydrogens is 294 g/mol. The van der Waals surface area contributed by atoms with E-state index in [1.807, 2.05) is 30.3 Å². The molecule has 5 nitrogen and oxygen atoms in total. The number of nitrogens with two attached hydrogens (primary N) is 1. The number of nitrogens with zero attached hydrogens (tertiary/aromatic N) is 4. The van der Waals surface area contributed by atoms with Crippen LogP contribution < -0.4 is 10.6 Å². The smallest absolute Gasteiger partial charge is 0.216 e. The van der Waals surface area contributed by atoms with E-state index in [4.69, 9.17) is 5.73 Å². The Bertz CT molecular complexity index is 784. The van der Waals surface area contributed by atoms with Gasteiger partial charge in [-0.15, -0.1) is 5.10 Å². The zero-order valence-corrected chi connectivity index (χ0v) is 13.4. The van der Waals surface area contributed by atoms with Crippen molar-refractivity contribution in [2.45, 2.75) is 19.8 Å². The fourth-order valence-electron chi connectivity index (χ4n) is 2.89. The van der Waals surface area contributed by atoms with Crippen molar-refractivity contribution in [3.63, 3.8) is 0 Å². The van der Waals surface area contributed by atoms with Gasteiger partial charge in [-0.1, -0.05) is 48.6 Å². The van der Waals surface area contributed by atoms with Crippen LogP contribution in [0.1, 0.15) is 19.8 Å². The predicted molar refractivity (Wildman–Crippen MR) is 91.3 cm³/mol. The molecule has 0 unspecified atom stereocenters. The summed E-state index contributed by atoms with van der Waals surface area (Å²) in [5.74, 6) is 1.43. The van der Waals surface area contributed by atoms with E-state index in [1.54, 1.807) is 15.9 Å². The van der Waals surface area contributed by atoms with Gasteiger partial charge in [0.25, 0.3) is 0 Å². The molecule has 0 bridgehead atoms. The molecule has 0 spiro atoms. The van der Waals surface area contributed by atoms with Crippen LogP contribution in [0.5, 0.6) is 0 Å². The molecule has 6 heteroatoms. The lowest BCUT2D eigenvalue weighted by Crippen LogP contribution is -2.32. The van der Waals surface area contributed by atoms with Crippen molar-refractivity contribution < 1.29 is 0 Å². The lowest BCUT2D eigenvalue weighted by molar-refractivity contribution is 0.437. The molecule has 22 heavy (non-hydrogen) atoms. The molecule has 0 amide bonds. The third-order valence-corrected chi connectivity index (χ3v) is 5.30. The van der Waals surface area contributed by atoms with E-state index in [9.17, 15) is 0 Å². The Hall–Kier alpha value is -2.08. The number of benzene rings is 1. The molecule has 0 aliphatic carbocycles. The second-order valence-electron chi connectivity index (χ2n) is 5.96. The maximum Gasteiger partial charge on any atom is 0.216 e. The van der Waals surface area contributed by atoms with E-state index in [0.717, 1.165) is 40.4 Å². The van der Waals surface area contributed by atoms with Crippen LogP contribution in [-0.4, -0.2) is 27.7 Å². The fraction of sp³-hybridized carbons (Fsp3) is 0.375. The van der Waals surface area contributed by atoms with Gasteiger partial charge in [0, 0.05) is 18.7 Å². The number of hydrogen-bond donors (Lipinski definition) is 1. The number of anilines is 2. The van der Waals surface area contributed by atoms with E-state index in [-0.39, 0.29) is 0 Å². The Morgan fingerprint density at radius 2 is 1.91 bits per heavy atom. The summed E-state index contributed by atoms with van der Waals surface area (Å²) >= 11 is 1.62. The van der Waals surface area contributed by atoms with E-state index < -0.39 is 0 Å². The molecule has 1 saturated heterocycles. The van der Waals surface area contributed by atoms with Crippen molar-refractivity contribution in [3.8, 4) is 11.3 Å². The minimum Gasteiger partial charge on any atom is -0.382 e. The Labute approximate surface area is 133 Å². The van der Waals surface area contributed by atoms with Crippen LogP contribution in [0.4, 0.5) is 10.9 Å². The van der Waals surface area contributed by atoms with E-state index in [1.165, 1.54) is 12.8 Å². The number of hydrogen-bond acceptors (Lipinski definition) is 5. The first-order valence-corrected chi connectivity index (χ1v) is 8.49. The fourth-order valence-corrected chi connectivity index (χ4v) is 3.85. The second kappa shape index (κ2) is 5.28. The topological polar surface area (TPSA) is 59.5 Å². The van der Waals surface area contributed by atoms with Gasteiger partial charge in [0.05, 0.1) is 0 Å². The van der Waals surface area contributed by atoms with Crippen LogP contribution in [0.25, 0.3) is 16.2 Å². The first-order chi connectivity index (χ1) is 10.7. The molecule has 1 aromatic carbocycles. The highest BCUT2D eigenvalue weighted by Gasteiger charge is 2.21. The molecule has 1 aliphatic heterocycles. The molecule has 3 heterocycles. The molecule has 0 atom stereocenters. The van der Waals surface area contributed by atoms with Gasteiger partial charge >= 0.3 is 0 Å². The van der Waals surface area contributed by atoms with Gasteiger partial charge in [-0.2, -0.15) is 4.52 Å². The largest absolute Gasteiger partial charge is 0.382 e. The Morgan fingerprint density at radius 1 is 1.18 bits per heavy atom. The molecule has 0 radical (unpaired) electrons. The van der Waals surface area contributed by atoms with Crippen LogP contribution in [0.3, 0.4) is 0 Å². The van der Waals surface area contributed by atoms with Gasteiger partial charge in [0.1, 0.15) is 5.69 Å². The summed E-state index contributed by atoms with van der Waals surface area (Å²) in [7, 11) is 0. The number of imidazole rings is 1. The van der Waals surface area contributed by atoms with Gasteiger partial charge in [0.15, 0.2) is 5.82 Å². The summed E-state index contributed by atoms with van der Waals surface area (Å²) in [5.41, 5.74) is 8.11. The van der Waals surface area contributed by atoms with Gasteiger partial charge < -0.3 is 10.6 Å². The maximum atomic E-state index is 6.26. The van der Waals surface area contributed by atoms with Crippen LogP contribution in [0, 0.1) is 5.92 Å². The lowest BCUT2D eigenvalue weighted by Gasteiger charge is -2.29. The van der Waals surface area contributed by atoms with Crippen molar-refractivity contribution in [1.29, 1.82) is 0 Å². The monoisotopic (exact) mass is 313 g/mol. The van der Waals surface area contributed by atoms with E-state index in [0.29, 0.717) is 5.82 Å². The quantitative estimate of drug-likeness (QED) is 0.789. The van der Waals surface area contributed by atoms with Crippen molar-refractivity contribution in [2.24, 2.45) is 5.92 Å². The van der Waals surface area contributed by atoms with Gasteiger partial charge in [-0.05, 0) is 18.8 Å². The summed E-state index contributed by atoms with van der Waals surface area (Å²) in [5, 5.41) is 5.71. The first-order valence-electron chi connectivity index (χ1n) is 7.68. The highest BCUT2D eigenvalue weighted by molar-refractivity contribution is 7.20. The highest BCUT2D eigenvalue weighted by atomic mass is 32.1. The van der Waals surface area contributed by atoms with Crippen LogP contribution in [0.2, 0.25) is 0 Å². The minimum absolute atomic E-state index is 0.620. The third-order valence-electron chi connectivity index (χ3n) is 4.33. The summed E-state index contributed by atoms with van der Waals surface area (Å²) in [6.07, 6.45) is 2.46. The Kier molecular flexibility index (Phi) is 3.26. The molecular formula is C16H19N5S.